The van der Waals surface area contributed by atoms with E-state index in [0.29, 0.717) is 10.6 Å². The second-order valence-electron chi connectivity index (χ2n) is 5.79. The molecule has 3 N–H and O–H groups in total. The normalized spacial score (nSPS) is 12.0. The molecule has 3 rings (SSSR count). The molecule has 126 valence electrons. The molecule has 3 aromatic rings. The van der Waals surface area contributed by atoms with Crippen LogP contribution in [0.3, 0.4) is 0 Å². The van der Waals surface area contributed by atoms with E-state index in [1.807, 2.05) is 19.1 Å². The number of aromatic nitrogens is 1. The van der Waals surface area contributed by atoms with Crippen LogP contribution in [0.5, 0.6) is 0 Å². The predicted octanol–water partition coefficient (Wildman–Crippen LogP) is 4.79. The molecular weight excluding hydrogens is 336 g/mol. The van der Waals surface area contributed by atoms with Gasteiger partial charge in [-0.3, -0.25) is 4.98 Å². The lowest BCUT2D eigenvalue weighted by molar-refractivity contribution is 0.0697. The van der Waals surface area contributed by atoms with Crippen molar-refractivity contribution in [2.75, 3.05) is 0 Å². The number of hydrogen-bond donors (Lipinski definition) is 2. The highest BCUT2D eigenvalue weighted by Crippen LogP contribution is 2.39. The van der Waals surface area contributed by atoms with Crippen LogP contribution in [0.25, 0.3) is 22.3 Å². The molecule has 5 heteroatoms. The molecule has 0 aliphatic carbocycles. The van der Waals surface area contributed by atoms with Crippen molar-refractivity contribution in [2.24, 2.45) is 5.73 Å². The topological polar surface area (TPSA) is 76.2 Å². The predicted molar refractivity (Wildman–Crippen MR) is 99.7 cm³/mol. The van der Waals surface area contributed by atoms with Crippen LogP contribution in [0.4, 0.5) is 0 Å². The zero-order valence-electron chi connectivity index (χ0n) is 13.6. The lowest BCUT2D eigenvalue weighted by atomic mass is 9.85. The van der Waals surface area contributed by atoms with Gasteiger partial charge in [0, 0.05) is 29.0 Å². The van der Waals surface area contributed by atoms with E-state index >= 15 is 0 Å². The summed E-state index contributed by atoms with van der Waals surface area (Å²) in [5.41, 5.74) is 10.3. The van der Waals surface area contributed by atoms with Crippen molar-refractivity contribution in [3.8, 4) is 22.3 Å². The zero-order valence-corrected chi connectivity index (χ0v) is 14.4. The molecule has 1 heterocycles. The highest BCUT2D eigenvalue weighted by molar-refractivity contribution is 6.30. The number of rotatable bonds is 4. The Bertz CT molecular complexity index is 907. The maximum absolute atomic E-state index is 11.8. The smallest absolute Gasteiger partial charge is 0.336 e. The Labute approximate surface area is 150 Å². The van der Waals surface area contributed by atoms with Gasteiger partial charge in [-0.15, -0.1) is 0 Å². The average molecular weight is 353 g/mol. The number of aromatic carboxylic acids is 1. The molecule has 4 nitrogen and oxygen atoms in total. The number of carboxylic acids is 1. The molecule has 2 aromatic carbocycles. The minimum atomic E-state index is -0.988. The van der Waals surface area contributed by atoms with Gasteiger partial charge in [0.1, 0.15) is 0 Å². The summed E-state index contributed by atoms with van der Waals surface area (Å²) in [4.78, 5) is 15.9. The average Bonchev–Trinajstić information content (AvgIpc) is 2.61. The van der Waals surface area contributed by atoms with Crippen molar-refractivity contribution in [1.82, 2.24) is 4.98 Å². The number of nitrogens with zero attached hydrogens (tertiary/aromatic N) is 1. The monoisotopic (exact) mass is 352 g/mol. The largest absolute Gasteiger partial charge is 0.478 e. The van der Waals surface area contributed by atoms with Crippen molar-refractivity contribution in [2.45, 2.75) is 13.0 Å². The first kappa shape index (κ1) is 17.1. The molecule has 0 fully saturated rings. The van der Waals surface area contributed by atoms with E-state index in [4.69, 9.17) is 17.3 Å². The Balaban J connectivity index is 2.41. The number of benzene rings is 2. The standard InChI is InChI=1S/C20H17ClN2O2/c1-12(22)16-6-7-17(20(24)25)19(14-8-10-23-11-9-14)18(16)13-2-4-15(21)5-3-13/h2-12H,22H2,1H3,(H,24,25). The summed E-state index contributed by atoms with van der Waals surface area (Å²) in [6.07, 6.45) is 3.29. The van der Waals surface area contributed by atoms with Crippen LogP contribution in [-0.2, 0) is 0 Å². The van der Waals surface area contributed by atoms with Crippen LogP contribution in [0, 0.1) is 0 Å². The van der Waals surface area contributed by atoms with Crippen molar-refractivity contribution < 1.29 is 9.90 Å². The van der Waals surface area contributed by atoms with Gasteiger partial charge in [0.15, 0.2) is 0 Å². The summed E-state index contributed by atoms with van der Waals surface area (Å²) in [6, 6.07) is 14.0. The summed E-state index contributed by atoms with van der Waals surface area (Å²) in [7, 11) is 0. The summed E-state index contributed by atoms with van der Waals surface area (Å²) < 4.78 is 0. The molecule has 0 aliphatic heterocycles. The van der Waals surface area contributed by atoms with Crippen molar-refractivity contribution in [3.05, 3.63) is 77.1 Å². The van der Waals surface area contributed by atoms with Crippen molar-refractivity contribution >= 4 is 17.6 Å². The van der Waals surface area contributed by atoms with E-state index in [2.05, 4.69) is 4.98 Å². The highest BCUT2D eigenvalue weighted by Gasteiger charge is 2.21. The van der Waals surface area contributed by atoms with Crippen LogP contribution in [-0.4, -0.2) is 16.1 Å². The minimum absolute atomic E-state index is 0.223. The quantitative estimate of drug-likeness (QED) is 0.708. The zero-order chi connectivity index (χ0) is 18.0. The van der Waals surface area contributed by atoms with Gasteiger partial charge in [-0.25, -0.2) is 4.79 Å². The first-order valence-corrected chi connectivity index (χ1v) is 8.19. The van der Waals surface area contributed by atoms with Crippen molar-refractivity contribution in [3.63, 3.8) is 0 Å². The van der Waals surface area contributed by atoms with Gasteiger partial charge < -0.3 is 10.8 Å². The van der Waals surface area contributed by atoms with E-state index in [0.717, 1.165) is 22.3 Å². The molecule has 0 amide bonds. The van der Waals surface area contributed by atoms with Crippen LogP contribution >= 0.6 is 11.6 Å². The number of carbonyl (C=O) groups is 1. The highest BCUT2D eigenvalue weighted by atomic mass is 35.5. The van der Waals surface area contributed by atoms with E-state index in [1.165, 1.54) is 0 Å². The van der Waals surface area contributed by atoms with Gasteiger partial charge in [0.05, 0.1) is 5.56 Å². The number of carboxylic acid groups (broad SMARTS) is 1. The summed E-state index contributed by atoms with van der Waals surface area (Å²) in [6.45, 7) is 1.88. The molecule has 0 saturated heterocycles. The molecule has 1 unspecified atom stereocenters. The third-order valence-corrected chi connectivity index (χ3v) is 4.31. The molecule has 0 aliphatic rings. The van der Waals surface area contributed by atoms with Gasteiger partial charge >= 0.3 is 5.97 Å². The number of halogens is 1. The van der Waals surface area contributed by atoms with Gasteiger partial charge in [0.2, 0.25) is 0 Å². The van der Waals surface area contributed by atoms with Crippen LogP contribution in [0.1, 0.15) is 28.9 Å². The summed E-state index contributed by atoms with van der Waals surface area (Å²) in [5, 5.41) is 10.3. The van der Waals surface area contributed by atoms with Gasteiger partial charge in [-0.1, -0.05) is 29.8 Å². The minimum Gasteiger partial charge on any atom is -0.478 e. The number of pyridine rings is 1. The fourth-order valence-electron chi connectivity index (χ4n) is 2.92. The number of nitrogens with two attached hydrogens (primary N) is 1. The summed E-state index contributed by atoms with van der Waals surface area (Å²) >= 11 is 6.01. The van der Waals surface area contributed by atoms with Gasteiger partial charge in [-0.2, -0.15) is 0 Å². The fraction of sp³-hybridized carbons (Fsp3) is 0.100. The Kier molecular flexibility index (Phi) is 4.83. The van der Waals surface area contributed by atoms with Gasteiger partial charge in [0.25, 0.3) is 0 Å². The maximum atomic E-state index is 11.8. The van der Waals surface area contributed by atoms with Crippen LogP contribution in [0.2, 0.25) is 5.02 Å². The SMILES string of the molecule is CC(N)c1ccc(C(=O)O)c(-c2ccncc2)c1-c1ccc(Cl)cc1. The van der Waals surface area contributed by atoms with E-state index in [-0.39, 0.29) is 11.6 Å². The van der Waals surface area contributed by atoms with E-state index in [9.17, 15) is 9.90 Å². The van der Waals surface area contributed by atoms with Gasteiger partial charge in [-0.05, 0) is 59.5 Å². The lowest BCUT2D eigenvalue weighted by Crippen LogP contribution is -2.10. The lowest BCUT2D eigenvalue weighted by Gasteiger charge is -2.20. The number of hydrogen-bond acceptors (Lipinski definition) is 3. The van der Waals surface area contributed by atoms with Crippen LogP contribution in [0.15, 0.2) is 60.9 Å². The molecule has 0 bridgehead atoms. The Hall–Kier alpha value is -2.69. The van der Waals surface area contributed by atoms with E-state index < -0.39 is 5.97 Å². The first-order valence-electron chi connectivity index (χ1n) is 7.81. The molecule has 0 saturated carbocycles. The third kappa shape index (κ3) is 3.40. The molecule has 25 heavy (non-hydrogen) atoms. The third-order valence-electron chi connectivity index (χ3n) is 4.06. The molecular formula is C20H17ClN2O2. The fourth-order valence-corrected chi connectivity index (χ4v) is 3.05. The molecule has 1 atom stereocenters. The van der Waals surface area contributed by atoms with Crippen LogP contribution < -0.4 is 5.73 Å². The summed E-state index contributed by atoms with van der Waals surface area (Å²) in [5.74, 6) is -0.988. The molecule has 0 spiro atoms. The molecule has 0 radical (unpaired) electrons. The first-order chi connectivity index (χ1) is 12.0. The Morgan fingerprint density at radius 3 is 2.16 bits per heavy atom. The second-order valence-corrected chi connectivity index (χ2v) is 6.23. The van der Waals surface area contributed by atoms with Crippen molar-refractivity contribution in [1.29, 1.82) is 0 Å². The Morgan fingerprint density at radius 1 is 1.00 bits per heavy atom. The maximum Gasteiger partial charge on any atom is 0.336 e. The van der Waals surface area contributed by atoms with E-state index in [1.54, 1.807) is 48.8 Å². The molecule has 1 aromatic heterocycles. The Morgan fingerprint density at radius 2 is 1.60 bits per heavy atom. The second kappa shape index (κ2) is 7.05.